The number of phenols is 1. The summed E-state index contributed by atoms with van der Waals surface area (Å²) in [7, 11) is 0. The second-order valence-electron chi connectivity index (χ2n) is 6.08. The monoisotopic (exact) mass is 339 g/mol. The van der Waals surface area contributed by atoms with Crippen LogP contribution in [0.5, 0.6) is 5.75 Å². The molecular formula is C19H18ClN3O. The van der Waals surface area contributed by atoms with Crippen LogP contribution in [0.1, 0.15) is 28.6 Å². The molecule has 1 unspecified atom stereocenters. The Morgan fingerprint density at radius 3 is 2.88 bits per heavy atom. The van der Waals surface area contributed by atoms with E-state index in [9.17, 15) is 5.11 Å². The van der Waals surface area contributed by atoms with E-state index in [0.29, 0.717) is 11.6 Å². The summed E-state index contributed by atoms with van der Waals surface area (Å²) in [6, 6.07) is 15.6. The van der Waals surface area contributed by atoms with Crippen LogP contribution in [0.2, 0.25) is 5.02 Å². The number of aromatic nitrogens is 2. The van der Waals surface area contributed by atoms with Gasteiger partial charge in [0.2, 0.25) is 0 Å². The number of hydrogen-bond donors (Lipinski definition) is 2. The largest absolute Gasteiger partial charge is 0.508 e. The van der Waals surface area contributed by atoms with Crippen molar-refractivity contribution in [1.82, 2.24) is 14.9 Å². The summed E-state index contributed by atoms with van der Waals surface area (Å²) in [5.74, 6) is 0.239. The average Bonchev–Trinajstić information content (AvgIpc) is 3.07. The average molecular weight is 340 g/mol. The van der Waals surface area contributed by atoms with E-state index in [4.69, 9.17) is 11.6 Å². The highest BCUT2D eigenvalue weighted by atomic mass is 35.5. The minimum Gasteiger partial charge on any atom is -0.508 e. The van der Waals surface area contributed by atoms with E-state index >= 15 is 0 Å². The molecular weight excluding hydrogens is 322 g/mol. The zero-order valence-electron chi connectivity index (χ0n) is 13.1. The Kier molecular flexibility index (Phi) is 4.00. The number of H-pyrrole nitrogens is 1. The number of imidazole rings is 1. The van der Waals surface area contributed by atoms with Gasteiger partial charge in [-0.25, -0.2) is 4.98 Å². The van der Waals surface area contributed by atoms with Crippen molar-refractivity contribution in [2.75, 3.05) is 6.54 Å². The third kappa shape index (κ3) is 2.79. The summed E-state index contributed by atoms with van der Waals surface area (Å²) in [4.78, 5) is 10.2. The quantitative estimate of drug-likeness (QED) is 0.760. The molecule has 0 spiro atoms. The fraction of sp³-hybridized carbons (Fsp3) is 0.211. The number of halogens is 1. The maximum absolute atomic E-state index is 9.78. The molecule has 1 aromatic heterocycles. The van der Waals surface area contributed by atoms with E-state index in [1.54, 1.807) is 24.5 Å². The van der Waals surface area contributed by atoms with Gasteiger partial charge in [0.1, 0.15) is 5.75 Å². The highest BCUT2D eigenvalue weighted by molar-refractivity contribution is 6.31. The van der Waals surface area contributed by atoms with Crippen molar-refractivity contribution in [2.45, 2.75) is 19.0 Å². The van der Waals surface area contributed by atoms with Crippen molar-refractivity contribution in [1.29, 1.82) is 0 Å². The molecule has 0 saturated carbocycles. The molecule has 3 aromatic rings. The number of nitrogens with one attached hydrogen (secondary N) is 1. The van der Waals surface area contributed by atoms with Crippen LogP contribution in [0.15, 0.2) is 54.9 Å². The molecule has 0 aliphatic carbocycles. The van der Waals surface area contributed by atoms with E-state index < -0.39 is 0 Å². The molecule has 2 aromatic carbocycles. The number of rotatable bonds is 3. The maximum atomic E-state index is 9.78. The molecule has 0 saturated heterocycles. The lowest BCUT2D eigenvalue weighted by atomic mass is 9.95. The molecule has 2 heterocycles. The number of benzene rings is 2. The van der Waals surface area contributed by atoms with Crippen molar-refractivity contribution < 1.29 is 5.11 Å². The summed E-state index contributed by atoms with van der Waals surface area (Å²) < 4.78 is 0. The predicted octanol–water partition coefficient (Wildman–Crippen LogP) is 3.92. The van der Waals surface area contributed by atoms with Crippen LogP contribution in [-0.4, -0.2) is 26.5 Å². The Hall–Kier alpha value is -2.30. The van der Waals surface area contributed by atoms with E-state index in [-0.39, 0.29) is 11.8 Å². The molecule has 5 heteroatoms. The van der Waals surface area contributed by atoms with Gasteiger partial charge in [0.05, 0.1) is 18.1 Å². The minimum absolute atomic E-state index is 0.0830. The van der Waals surface area contributed by atoms with E-state index in [1.165, 1.54) is 11.3 Å². The van der Waals surface area contributed by atoms with E-state index in [1.807, 2.05) is 6.07 Å². The maximum Gasteiger partial charge on any atom is 0.116 e. The first-order valence-electron chi connectivity index (χ1n) is 8.01. The SMILES string of the molecule is Oc1ccc(Cl)c(CN2CCc3[nH]cnc3C2c2ccccc2)c1. The number of hydrogen-bond acceptors (Lipinski definition) is 3. The van der Waals surface area contributed by atoms with Crippen LogP contribution in [0, 0.1) is 0 Å². The van der Waals surface area contributed by atoms with Crippen molar-refractivity contribution >= 4 is 11.6 Å². The molecule has 0 amide bonds. The fourth-order valence-corrected chi connectivity index (χ4v) is 3.58. The zero-order chi connectivity index (χ0) is 16.5. The van der Waals surface area contributed by atoms with Crippen LogP contribution in [0.3, 0.4) is 0 Å². The number of aromatic amines is 1. The van der Waals surface area contributed by atoms with Crippen LogP contribution in [0.25, 0.3) is 0 Å². The van der Waals surface area contributed by atoms with Gasteiger partial charge < -0.3 is 10.1 Å². The Labute approximate surface area is 145 Å². The molecule has 2 N–H and O–H groups in total. The fourth-order valence-electron chi connectivity index (χ4n) is 3.40. The second-order valence-corrected chi connectivity index (χ2v) is 6.48. The lowest BCUT2D eigenvalue weighted by Crippen LogP contribution is -2.35. The number of phenolic OH excluding ortho intramolecular Hbond substituents is 1. The van der Waals surface area contributed by atoms with E-state index in [0.717, 1.165) is 24.2 Å². The molecule has 0 bridgehead atoms. The van der Waals surface area contributed by atoms with Crippen LogP contribution < -0.4 is 0 Å². The summed E-state index contributed by atoms with van der Waals surface area (Å²) in [6.45, 7) is 1.57. The first kappa shape index (κ1) is 15.2. The molecule has 0 fully saturated rings. The summed E-state index contributed by atoms with van der Waals surface area (Å²) in [5.41, 5.74) is 4.41. The van der Waals surface area contributed by atoms with Gasteiger partial charge in [-0.15, -0.1) is 0 Å². The Balaban J connectivity index is 1.73. The first-order valence-corrected chi connectivity index (χ1v) is 8.38. The minimum atomic E-state index is 0.0830. The lowest BCUT2D eigenvalue weighted by molar-refractivity contribution is 0.200. The Morgan fingerprint density at radius 1 is 1.21 bits per heavy atom. The summed E-state index contributed by atoms with van der Waals surface area (Å²) in [6.07, 6.45) is 2.69. The number of nitrogens with zero attached hydrogens (tertiary/aromatic N) is 2. The van der Waals surface area contributed by atoms with Gasteiger partial charge in [0.25, 0.3) is 0 Å². The van der Waals surface area contributed by atoms with Gasteiger partial charge in [-0.3, -0.25) is 4.90 Å². The molecule has 1 aliphatic heterocycles. The Morgan fingerprint density at radius 2 is 2.04 bits per heavy atom. The van der Waals surface area contributed by atoms with Crippen molar-refractivity contribution in [3.8, 4) is 5.75 Å². The van der Waals surface area contributed by atoms with Gasteiger partial charge in [-0.1, -0.05) is 41.9 Å². The van der Waals surface area contributed by atoms with Crippen LogP contribution in [-0.2, 0) is 13.0 Å². The van der Waals surface area contributed by atoms with Gasteiger partial charge in [-0.2, -0.15) is 0 Å². The van der Waals surface area contributed by atoms with Gasteiger partial charge in [-0.05, 0) is 29.3 Å². The van der Waals surface area contributed by atoms with Crippen molar-refractivity contribution in [2.24, 2.45) is 0 Å². The molecule has 24 heavy (non-hydrogen) atoms. The normalized spacial score (nSPS) is 17.6. The zero-order valence-corrected chi connectivity index (χ0v) is 13.9. The van der Waals surface area contributed by atoms with Crippen LogP contribution >= 0.6 is 11.6 Å². The van der Waals surface area contributed by atoms with Gasteiger partial charge in [0, 0.05) is 30.2 Å². The smallest absolute Gasteiger partial charge is 0.116 e. The lowest BCUT2D eigenvalue weighted by Gasteiger charge is -2.35. The summed E-state index contributed by atoms with van der Waals surface area (Å²) >= 11 is 6.33. The second kappa shape index (κ2) is 6.30. The highest BCUT2D eigenvalue weighted by Crippen LogP contribution is 2.35. The Bertz CT molecular complexity index is 847. The molecule has 1 aliphatic rings. The third-order valence-electron chi connectivity index (χ3n) is 4.54. The van der Waals surface area contributed by atoms with Crippen LogP contribution in [0.4, 0.5) is 0 Å². The van der Waals surface area contributed by atoms with Gasteiger partial charge in [0.15, 0.2) is 0 Å². The first-order chi connectivity index (χ1) is 11.7. The molecule has 4 nitrogen and oxygen atoms in total. The van der Waals surface area contributed by atoms with E-state index in [2.05, 4.69) is 39.1 Å². The molecule has 4 rings (SSSR count). The standard InChI is InChI=1S/C19H18ClN3O/c20-16-7-6-15(24)10-14(16)11-23-9-8-17-18(22-12-21-17)19(23)13-4-2-1-3-5-13/h1-7,10,12,19,24H,8-9,11H2,(H,21,22). The highest BCUT2D eigenvalue weighted by Gasteiger charge is 2.31. The predicted molar refractivity (Wildman–Crippen MR) is 94.1 cm³/mol. The van der Waals surface area contributed by atoms with Crippen molar-refractivity contribution in [3.63, 3.8) is 0 Å². The molecule has 1 atom stereocenters. The van der Waals surface area contributed by atoms with Crippen molar-refractivity contribution in [3.05, 3.63) is 82.4 Å². The summed E-state index contributed by atoms with van der Waals surface area (Å²) in [5, 5.41) is 10.5. The molecule has 122 valence electrons. The number of fused-ring (bicyclic) bond motifs is 1. The number of aromatic hydroxyl groups is 1. The van der Waals surface area contributed by atoms with Gasteiger partial charge >= 0.3 is 0 Å². The molecule has 0 radical (unpaired) electrons. The third-order valence-corrected chi connectivity index (χ3v) is 4.91. The topological polar surface area (TPSA) is 52.1 Å².